The average molecular weight is 205 g/mol. The molecule has 0 bridgehead atoms. The number of nitrogens with one attached hydrogen (secondary N) is 1. The first kappa shape index (κ1) is 10.7. The Kier molecular flexibility index (Phi) is 3.39. The van der Waals surface area contributed by atoms with E-state index in [1.165, 1.54) is 24.0 Å². The van der Waals surface area contributed by atoms with Gasteiger partial charge in [-0.25, -0.2) is 0 Å². The summed E-state index contributed by atoms with van der Waals surface area (Å²) in [5.74, 6) is 0. The van der Waals surface area contributed by atoms with Crippen molar-refractivity contribution in [3.8, 4) is 0 Å². The number of aliphatic hydroxyl groups is 1. The van der Waals surface area contributed by atoms with E-state index in [-0.39, 0.29) is 6.10 Å². The Labute approximate surface area is 91.3 Å². The predicted molar refractivity (Wildman–Crippen MR) is 61.8 cm³/mol. The Morgan fingerprint density at radius 1 is 1.40 bits per heavy atom. The molecule has 2 unspecified atom stereocenters. The molecule has 0 aromatic heterocycles. The molecule has 2 nitrogen and oxygen atoms in total. The summed E-state index contributed by atoms with van der Waals surface area (Å²) in [6, 6.07) is 9.16. The molecule has 2 rings (SSSR count). The summed E-state index contributed by atoms with van der Waals surface area (Å²) in [5.41, 5.74) is 2.59. The second-order valence-electron chi connectivity index (χ2n) is 4.44. The molecule has 1 heterocycles. The third-order valence-electron chi connectivity index (χ3n) is 2.97. The summed E-state index contributed by atoms with van der Waals surface area (Å²) in [6.07, 6.45) is 3.02. The molecule has 1 fully saturated rings. The molecule has 1 aliphatic heterocycles. The van der Waals surface area contributed by atoms with Crippen molar-refractivity contribution in [2.24, 2.45) is 0 Å². The highest BCUT2D eigenvalue weighted by atomic mass is 16.3. The number of hydrogen-bond acceptors (Lipinski definition) is 2. The predicted octanol–water partition coefficient (Wildman–Crippen LogP) is 2.03. The summed E-state index contributed by atoms with van der Waals surface area (Å²) in [4.78, 5) is 0. The van der Waals surface area contributed by atoms with Crippen molar-refractivity contribution in [2.75, 3.05) is 6.54 Å². The van der Waals surface area contributed by atoms with Crippen LogP contribution in [0, 0.1) is 0 Å². The minimum absolute atomic E-state index is 0.250. The zero-order chi connectivity index (χ0) is 10.7. The smallest absolute Gasteiger partial charge is 0.0552 e. The standard InChI is InChI=1S/C13H19NO/c1-10(15)9-11-4-6-12(7-5-11)13-3-2-8-14-13/h4-7,10,13-15H,2-3,8-9H2,1H3. The van der Waals surface area contributed by atoms with Crippen LogP contribution in [-0.2, 0) is 6.42 Å². The third kappa shape index (κ3) is 2.80. The summed E-state index contributed by atoms with van der Waals surface area (Å²) in [7, 11) is 0. The Balaban J connectivity index is 2.03. The van der Waals surface area contributed by atoms with Crippen LogP contribution in [0.1, 0.15) is 36.9 Å². The van der Waals surface area contributed by atoms with Gasteiger partial charge in [0.2, 0.25) is 0 Å². The quantitative estimate of drug-likeness (QED) is 0.791. The highest BCUT2D eigenvalue weighted by Crippen LogP contribution is 2.23. The zero-order valence-corrected chi connectivity index (χ0v) is 9.24. The van der Waals surface area contributed by atoms with Gasteiger partial charge in [-0.1, -0.05) is 24.3 Å². The van der Waals surface area contributed by atoms with Crippen molar-refractivity contribution in [3.63, 3.8) is 0 Å². The van der Waals surface area contributed by atoms with Gasteiger partial charge in [0.25, 0.3) is 0 Å². The van der Waals surface area contributed by atoms with Crippen LogP contribution < -0.4 is 5.32 Å². The van der Waals surface area contributed by atoms with E-state index in [0.717, 1.165) is 13.0 Å². The van der Waals surface area contributed by atoms with Crippen LogP contribution in [0.2, 0.25) is 0 Å². The lowest BCUT2D eigenvalue weighted by atomic mass is 10.0. The first-order chi connectivity index (χ1) is 7.25. The molecule has 1 aromatic rings. The summed E-state index contributed by atoms with van der Waals surface area (Å²) in [6.45, 7) is 2.96. The van der Waals surface area contributed by atoms with E-state index in [0.29, 0.717) is 6.04 Å². The van der Waals surface area contributed by atoms with Crippen LogP contribution in [0.5, 0.6) is 0 Å². The minimum atomic E-state index is -0.250. The van der Waals surface area contributed by atoms with Gasteiger partial charge in [0.15, 0.2) is 0 Å². The van der Waals surface area contributed by atoms with E-state index in [2.05, 4.69) is 29.6 Å². The molecule has 0 spiro atoms. The maximum atomic E-state index is 9.27. The number of aliphatic hydroxyl groups excluding tert-OH is 1. The molecule has 2 heteroatoms. The molecule has 82 valence electrons. The first-order valence-corrected chi connectivity index (χ1v) is 5.76. The summed E-state index contributed by atoms with van der Waals surface area (Å²) >= 11 is 0. The van der Waals surface area contributed by atoms with Crippen molar-refractivity contribution in [2.45, 2.75) is 38.3 Å². The van der Waals surface area contributed by atoms with Crippen LogP contribution in [0.4, 0.5) is 0 Å². The monoisotopic (exact) mass is 205 g/mol. The van der Waals surface area contributed by atoms with Crippen LogP contribution in [0.15, 0.2) is 24.3 Å². The molecular formula is C13H19NO. The fourth-order valence-corrected chi connectivity index (χ4v) is 2.20. The van der Waals surface area contributed by atoms with Crippen LogP contribution in [0.3, 0.4) is 0 Å². The van der Waals surface area contributed by atoms with Gasteiger partial charge in [0.05, 0.1) is 6.10 Å². The number of benzene rings is 1. The van der Waals surface area contributed by atoms with E-state index in [4.69, 9.17) is 0 Å². The largest absolute Gasteiger partial charge is 0.393 e. The minimum Gasteiger partial charge on any atom is -0.393 e. The average Bonchev–Trinajstić information content (AvgIpc) is 2.71. The van der Waals surface area contributed by atoms with Crippen LogP contribution in [-0.4, -0.2) is 17.8 Å². The van der Waals surface area contributed by atoms with Crippen molar-refractivity contribution < 1.29 is 5.11 Å². The van der Waals surface area contributed by atoms with Gasteiger partial charge in [-0.05, 0) is 43.9 Å². The molecule has 0 aliphatic carbocycles. The third-order valence-corrected chi connectivity index (χ3v) is 2.97. The topological polar surface area (TPSA) is 32.3 Å². The molecular weight excluding hydrogens is 186 g/mol. The Hall–Kier alpha value is -0.860. The van der Waals surface area contributed by atoms with Gasteiger partial charge in [-0.2, -0.15) is 0 Å². The van der Waals surface area contributed by atoms with E-state index in [1.807, 2.05) is 6.92 Å². The van der Waals surface area contributed by atoms with Crippen LogP contribution >= 0.6 is 0 Å². The Bertz CT molecular complexity index is 299. The Morgan fingerprint density at radius 3 is 2.67 bits per heavy atom. The van der Waals surface area contributed by atoms with Gasteiger partial charge in [-0.3, -0.25) is 0 Å². The Morgan fingerprint density at radius 2 is 2.13 bits per heavy atom. The molecule has 2 N–H and O–H groups in total. The molecule has 1 aliphatic rings. The lowest BCUT2D eigenvalue weighted by Crippen LogP contribution is -2.12. The second kappa shape index (κ2) is 4.77. The molecule has 2 atom stereocenters. The molecule has 15 heavy (non-hydrogen) atoms. The maximum Gasteiger partial charge on any atom is 0.0552 e. The van der Waals surface area contributed by atoms with Gasteiger partial charge in [-0.15, -0.1) is 0 Å². The van der Waals surface area contributed by atoms with Crippen LogP contribution in [0.25, 0.3) is 0 Å². The maximum absolute atomic E-state index is 9.27. The van der Waals surface area contributed by atoms with Gasteiger partial charge in [0, 0.05) is 6.04 Å². The fraction of sp³-hybridized carbons (Fsp3) is 0.538. The van der Waals surface area contributed by atoms with Crippen molar-refractivity contribution >= 4 is 0 Å². The SMILES string of the molecule is CC(O)Cc1ccc(C2CCCN2)cc1. The molecule has 1 saturated heterocycles. The second-order valence-corrected chi connectivity index (χ2v) is 4.44. The molecule has 1 aromatic carbocycles. The lowest BCUT2D eigenvalue weighted by Gasteiger charge is -2.11. The van der Waals surface area contributed by atoms with E-state index in [9.17, 15) is 5.11 Å². The fourth-order valence-electron chi connectivity index (χ4n) is 2.20. The lowest BCUT2D eigenvalue weighted by molar-refractivity contribution is 0.195. The molecule has 0 saturated carbocycles. The number of rotatable bonds is 3. The number of hydrogen-bond donors (Lipinski definition) is 2. The van der Waals surface area contributed by atoms with Crippen molar-refractivity contribution in [3.05, 3.63) is 35.4 Å². The van der Waals surface area contributed by atoms with Crippen molar-refractivity contribution in [1.29, 1.82) is 0 Å². The van der Waals surface area contributed by atoms with E-state index >= 15 is 0 Å². The normalized spacial score (nSPS) is 22.9. The zero-order valence-electron chi connectivity index (χ0n) is 9.24. The highest BCUT2D eigenvalue weighted by molar-refractivity contribution is 5.26. The van der Waals surface area contributed by atoms with Gasteiger partial charge < -0.3 is 10.4 Å². The van der Waals surface area contributed by atoms with E-state index in [1.54, 1.807) is 0 Å². The van der Waals surface area contributed by atoms with Gasteiger partial charge in [0.1, 0.15) is 0 Å². The van der Waals surface area contributed by atoms with Crippen molar-refractivity contribution in [1.82, 2.24) is 5.32 Å². The summed E-state index contributed by atoms with van der Waals surface area (Å²) < 4.78 is 0. The molecule has 0 amide bonds. The highest BCUT2D eigenvalue weighted by Gasteiger charge is 2.15. The summed E-state index contributed by atoms with van der Waals surface area (Å²) in [5, 5.41) is 12.8. The van der Waals surface area contributed by atoms with E-state index < -0.39 is 0 Å². The first-order valence-electron chi connectivity index (χ1n) is 5.76. The van der Waals surface area contributed by atoms with Gasteiger partial charge >= 0.3 is 0 Å². The molecule has 0 radical (unpaired) electrons.